The van der Waals surface area contributed by atoms with Gasteiger partial charge in [-0.2, -0.15) is 0 Å². The Balaban J connectivity index is 1.75. The number of rotatable bonds is 5. The van der Waals surface area contributed by atoms with E-state index in [-0.39, 0.29) is 11.7 Å². The van der Waals surface area contributed by atoms with Crippen LogP contribution in [0.25, 0.3) is 17.1 Å². The lowest BCUT2D eigenvalue weighted by molar-refractivity contribution is 0.101. The summed E-state index contributed by atoms with van der Waals surface area (Å²) in [6, 6.07) is 23.8. The van der Waals surface area contributed by atoms with Gasteiger partial charge in [0.05, 0.1) is 5.69 Å². The summed E-state index contributed by atoms with van der Waals surface area (Å²) in [5.74, 6) is 0.436. The van der Waals surface area contributed by atoms with Gasteiger partial charge in [-0.05, 0) is 55.2 Å². The van der Waals surface area contributed by atoms with Crippen molar-refractivity contribution >= 4 is 11.6 Å². The van der Waals surface area contributed by atoms with Crippen molar-refractivity contribution in [3.05, 3.63) is 95.3 Å². The maximum atomic E-state index is 12.9. The first kappa shape index (κ1) is 19.6. The number of aromatic nitrogens is 3. The molecule has 1 aromatic heterocycles. The van der Waals surface area contributed by atoms with Crippen LogP contribution < -0.4 is 5.32 Å². The molecular formula is C25H24N4O. The van der Waals surface area contributed by atoms with Gasteiger partial charge in [0.2, 0.25) is 5.82 Å². The molecule has 0 unspecified atom stereocenters. The molecule has 0 spiro atoms. The average molecular weight is 396 g/mol. The summed E-state index contributed by atoms with van der Waals surface area (Å²) in [5, 5.41) is 7.48. The van der Waals surface area contributed by atoms with Crippen molar-refractivity contribution in [1.82, 2.24) is 14.8 Å². The van der Waals surface area contributed by atoms with Crippen molar-refractivity contribution in [1.29, 1.82) is 0 Å². The smallest absolute Gasteiger partial charge is 0.295 e. The van der Waals surface area contributed by atoms with Crippen LogP contribution in [0.2, 0.25) is 0 Å². The normalized spacial score (nSPS) is 10.8. The number of aryl methyl sites for hydroxylation is 3. The Labute approximate surface area is 176 Å². The third kappa shape index (κ3) is 4.01. The summed E-state index contributed by atoms with van der Waals surface area (Å²) < 4.78 is 1.76. The number of anilines is 1. The van der Waals surface area contributed by atoms with E-state index in [9.17, 15) is 4.79 Å². The number of nitrogens with zero attached hydrogens (tertiary/aromatic N) is 3. The van der Waals surface area contributed by atoms with E-state index in [1.54, 1.807) is 4.68 Å². The Morgan fingerprint density at radius 3 is 2.40 bits per heavy atom. The Morgan fingerprint density at radius 2 is 1.70 bits per heavy atom. The van der Waals surface area contributed by atoms with Crippen LogP contribution in [0.3, 0.4) is 0 Å². The first-order valence-electron chi connectivity index (χ1n) is 10.1. The predicted molar refractivity (Wildman–Crippen MR) is 120 cm³/mol. The molecule has 0 atom stereocenters. The molecule has 5 nitrogen and oxygen atoms in total. The molecule has 3 aromatic carbocycles. The van der Waals surface area contributed by atoms with Crippen molar-refractivity contribution in [2.75, 3.05) is 5.32 Å². The molecule has 0 saturated carbocycles. The Hall–Kier alpha value is -3.73. The van der Waals surface area contributed by atoms with Gasteiger partial charge in [-0.3, -0.25) is 4.79 Å². The van der Waals surface area contributed by atoms with Gasteiger partial charge >= 0.3 is 0 Å². The topological polar surface area (TPSA) is 59.8 Å². The Morgan fingerprint density at radius 1 is 0.967 bits per heavy atom. The van der Waals surface area contributed by atoms with Crippen molar-refractivity contribution < 1.29 is 4.79 Å². The van der Waals surface area contributed by atoms with Crippen molar-refractivity contribution in [2.45, 2.75) is 27.2 Å². The molecule has 0 aliphatic carbocycles. The van der Waals surface area contributed by atoms with Crippen LogP contribution in [0.1, 0.15) is 34.2 Å². The first-order chi connectivity index (χ1) is 14.5. The zero-order valence-electron chi connectivity index (χ0n) is 17.4. The minimum Gasteiger partial charge on any atom is -0.319 e. The van der Waals surface area contributed by atoms with Gasteiger partial charge in [-0.25, -0.2) is 9.67 Å². The predicted octanol–water partition coefficient (Wildman–Crippen LogP) is 5.37. The number of carbonyl (C=O) groups excluding carboxylic acids is 1. The number of carbonyl (C=O) groups is 1. The fourth-order valence-electron chi connectivity index (χ4n) is 3.31. The SMILES string of the molecule is CCc1ccc(NC(=O)c2nc(-c3ccccc3)n(-c3cc(C)ccc3C)n2)cc1. The second-order valence-electron chi connectivity index (χ2n) is 7.33. The Bertz CT molecular complexity index is 1180. The Kier molecular flexibility index (Phi) is 5.44. The highest BCUT2D eigenvalue weighted by Crippen LogP contribution is 2.24. The second-order valence-corrected chi connectivity index (χ2v) is 7.33. The van der Waals surface area contributed by atoms with E-state index in [0.29, 0.717) is 5.82 Å². The quantitative estimate of drug-likeness (QED) is 0.494. The number of amides is 1. The highest BCUT2D eigenvalue weighted by molar-refractivity contribution is 6.01. The molecule has 1 N–H and O–H groups in total. The number of nitrogens with one attached hydrogen (secondary N) is 1. The molecule has 0 fully saturated rings. The lowest BCUT2D eigenvalue weighted by atomic mass is 10.1. The fourth-order valence-corrected chi connectivity index (χ4v) is 3.31. The van der Waals surface area contributed by atoms with Crippen LogP contribution in [0, 0.1) is 13.8 Å². The van der Waals surface area contributed by atoms with Gasteiger partial charge in [0.15, 0.2) is 5.82 Å². The molecule has 5 heteroatoms. The van der Waals surface area contributed by atoms with Crippen molar-refractivity contribution in [2.24, 2.45) is 0 Å². The molecule has 0 aliphatic heterocycles. The van der Waals surface area contributed by atoms with E-state index < -0.39 is 0 Å². The first-order valence-corrected chi connectivity index (χ1v) is 10.1. The molecule has 0 radical (unpaired) electrons. The average Bonchev–Trinajstić information content (AvgIpc) is 3.22. The van der Waals surface area contributed by atoms with Crippen LogP contribution in [-0.2, 0) is 6.42 Å². The van der Waals surface area contributed by atoms with E-state index in [0.717, 1.165) is 34.5 Å². The molecule has 0 bridgehead atoms. The third-order valence-electron chi connectivity index (χ3n) is 5.06. The van der Waals surface area contributed by atoms with E-state index in [2.05, 4.69) is 40.5 Å². The maximum absolute atomic E-state index is 12.9. The lowest BCUT2D eigenvalue weighted by Gasteiger charge is -2.10. The summed E-state index contributed by atoms with van der Waals surface area (Å²) in [5.41, 5.74) is 5.93. The molecule has 1 amide bonds. The van der Waals surface area contributed by atoms with E-state index in [1.807, 2.05) is 68.4 Å². The molecule has 4 aromatic rings. The molecule has 1 heterocycles. The minimum atomic E-state index is -0.333. The van der Waals surface area contributed by atoms with Gasteiger partial charge in [-0.15, -0.1) is 5.10 Å². The van der Waals surface area contributed by atoms with Gasteiger partial charge in [-0.1, -0.05) is 61.5 Å². The number of benzene rings is 3. The molecule has 150 valence electrons. The highest BCUT2D eigenvalue weighted by atomic mass is 16.2. The molecule has 30 heavy (non-hydrogen) atoms. The van der Waals surface area contributed by atoms with E-state index in [1.165, 1.54) is 5.56 Å². The van der Waals surface area contributed by atoms with Gasteiger partial charge in [0.25, 0.3) is 5.91 Å². The lowest BCUT2D eigenvalue weighted by Crippen LogP contribution is -2.14. The summed E-state index contributed by atoms with van der Waals surface area (Å²) >= 11 is 0. The number of hydrogen-bond acceptors (Lipinski definition) is 3. The van der Waals surface area contributed by atoms with Gasteiger partial charge in [0, 0.05) is 11.3 Å². The van der Waals surface area contributed by atoms with Crippen LogP contribution in [0.15, 0.2) is 72.8 Å². The monoisotopic (exact) mass is 396 g/mol. The van der Waals surface area contributed by atoms with Crippen LogP contribution >= 0.6 is 0 Å². The summed E-state index contributed by atoms with van der Waals surface area (Å²) in [7, 11) is 0. The summed E-state index contributed by atoms with van der Waals surface area (Å²) in [6.45, 7) is 6.17. The second kappa shape index (κ2) is 8.33. The van der Waals surface area contributed by atoms with Crippen molar-refractivity contribution in [3.63, 3.8) is 0 Å². The van der Waals surface area contributed by atoms with E-state index >= 15 is 0 Å². The fraction of sp³-hybridized carbons (Fsp3) is 0.160. The molecular weight excluding hydrogens is 372 g/mol. The number of hydrogen-bond donors (Lipinski definition) is 1. The van der Waals surface area contributed by atoms with Gasteiger partial charge in [0.1, 0.15) is 0 Å². The standard InChI is InChI=1S/C25H24N4O/c1-4-19-12-14-21(15-13-19)26-25(30)23-27-24(20-8-6-5-7-9-20)29(28-23)22-16-17(2)10-11-18(22)3/h5-16H,4H2,1-3H3,(H,26,30). The van der Waals surface area contributed by atoms with Crippen LogP contribution in [0.4, 0.5) is 5.69 Å². The third-order valence-corrected chi connectivity index (χ3v) is 5.06. The largest absolute Gasteiger partial charge is 0.319 e. The van der Waals surface area contributed by atoms with Gasteiger partial charge < -0.3 is 5.32 Å². The summed E-state index contributed by atoms with van der Waals surface area (Å²) in [4.78, 5) is 17.5. The molecule has 0 saturated heterocycles. The molecule has 0 aliphatic rings. The minimum absolute atomic E-state index is 0.134. The molecule has 4 rings (SSSR count). The van der Waals surface area contributed by atoms with Crippen LogP contribution in [-0.4, -0.2) is 20.7 Å². The highest BCUT2D eigenvalue weighted by Gasteiger charge is 2.20. The maximum Gasteiger partial charge on any atom is 0.295 e. The zero-order chi connectivity index (χ0) is 21.1. The van der Waals surface area contributed by atoms with Crippen LogP contribution in [0.5, 0.6) is 0 Å². The summed E-state index contributed by atoms with van der Waals surface area (Å²) in [6.07, 6.45) is 0.955. The zero-order valence-corrected chi connectivity index (χ0v) is 17.4. The van der Waals surface area contributed by atoms with E-state index in [4.69, 9.17) is 0 Å². The van der Waals surface area contributed by atoms with Crippen molar-refractivity contribution in [3.8, 4) is 17.1 Å².